The number of amides is 1. The van der Waals surface area contributed by atoms with E-state index in [1.54, 1.807) is 6.20 Å². The van der Waals surface area contributed by atoms with Gasteiger partial charge >= 0.3 is 6.09 Å². The number of carbonyl (C=O) groups is 1. The standard InChI is InChI=1S/C16H23N3O2Si/c1-22(2,3)9-8-21-16(20)19-11-12-4-5-14-13(10-12)6-7-18-15(14)17/h4-7,10H,8-9,11H2,1-3H3,(H2,17,18)(H,19,20). The zero-order valence-corrected chi connectivity index (χ0v) is 14.3. The van der Waals surface area contributed by atoms with Gasteiger partial charge in [0.2, 0.25) is 0 Å². The Morgan fingerprint density at radius 1 is 1.32 bits per heavy atom. The highest BCUT2D eigenvalue weighted by atomic mass is 28.3. The monoisotopic (exact) mass is 317 g/mol. The number of carbonyl (C=O) groups excluding carboxylic acids is 1. The SMILES string of the molecule is C[Si](C)(C)CCOC(=O)NCc1ccc2c(N)nccc2c1. The molecule has 0 bridgehead atoms. The van der Waals surface area contributed by atoms with E-state index < -0.39 is 8.07 Å². The van der Waals surface area contributed by atoms with Gasteiger partial charge in [-0.1, -0.05) is 31.8 Å². The van der Waals surface area contributed by atoms with Crippen LogP contribution < -0.4 is 11.1 Å². The van der Waals surface area contributed by atoms with E-state index >= 15 is 0 Å². The third-order valence-electron chi connectivity index (χ3n) is 3.38. The third kappa shape index (κ3) is 4.73. The maximum atomic E-state index is 11.7. The molecule has 0 saturated carbocycles. The number of benzene rings is 1. The Hall–Kier alpha value is -2.08. The van der Waals surface area contributed by atoms with E-state index in [-0.39, 0.29) is 6.09 Å². The number of nitrogens with two attached hydrogens (primary N) is 1. The number of alkyl carbamates (subject to hydrolysis) is 1. The van der Waals surface area contributed by atoms with Gasteiger partial charge in [0.1, 0.15) is 5.82 Å². The molecular formula is C16H23N3O2Si. The van der Waals surface area contributed by atoms with Crippen molar-refractivity contribution in [3.05, 3.63) is 36.0 Å². The Labute approximate surface area is 131 Å². The van der Waals surface area contributed by atoms with Crippen LogP contribution in [0.25, 0.3) is 10.8 Å². The van der Waals surface area contributed by atoms with Gasteiger partial charge in [0.05, 0.1) is 6.61 Å². The molecule has 0 unspecified atom stereocenters. The van der Waals surface area contributed by atoms with Gasteiger partial charge < -0.3 is 15.8 Å². The molecule has 2 aromatic rings. The van der Waals surface area contributed by atoms with Crippen molar-refractivity contribution in [2.75, 3.05) is 12.3 Å². The Kier molecular flexibility index (Phi) is 5.02. The van der Waals surface area contributed by atoms with Crippen molar-refractivity contribution >= 4 is 30.8 Å². The van der Waals surface area contributed by atoms with Crippen LogP contribution in [0, 0.1) is 0 Å². The van der Waals surface area contributed by atoms with Crippen LogP contribution >= 0.6 is 0 Å². The summed E-state index contributed by atoms with van der Waals surface area (Å²) in [6.45, 7) is 7.68. The van der Waals surface area contributed by atoms with E-state index in [1.807, 2.05) is 24.3 Å². The molecule has 3 N–H and O–H groups in total. The number of fused-ring (bicyclic) bond motifs is 1. The number of nitrogens with one attached hydrogen (secondary N) is 1. The summed E-state index contributed by atoms with van der Waals surface area (Å²) in [5.74, 6) is 0.516. The van der Waals surface area contributed by atoms with Crippen LogP contribution in [0.2, 0.25) is 25.7 Å². The highest BCUT2D eigenvalue weighted by molar-refractivity contribution is 6.76. The molecule has 0 aliphatic rings. The van der Waals surface area contributed by atoms with Crippen molar-refractivity contribution in [1.82, 2.24) is 10.3 Å². The van der Waals surface area contributed by atoms with Crippen molar-refractivity contribution in [3.63, 3.8) is 0 Å². The number of hydrogen-bond donors (Lipinski definition) is 2. The van der Waals surface area contributed by atoms with Crippen molar-refractivity contribution in [2.45, 2.75) is 32.2 Å². The van der Waals surface area contributed by atoms with Gasteiger partial charge in [0.15, 0.2) is 0 Å². The van der Waals surface area contributed by atoms with E-state index in [1.165, 1.54) is 0 Å². The second kappa shape index (κ2) is 6.78. The number of pyridine rings is 1. The Bertz CT molecular complexity index is 668. The molecule has 1 heterocycles. The molecule has 1 aromatic carbocycles. The minimum Gasteiger partial charge on any atom is -0.450 e. The molecule has 0 aliphatic carbocycles. The van der Waals surface area contributed by atoms with Crippen molar-refractivity contribution in [1.29, 1.82) is 0 Å². The summed E-state index contributed by atoms with van der Waals surface area (Å²) in [6.07, 6.45) is 1.31. The fraction of sp³-hybridized carbons (Fsp3) is 0.375. The molecule has 22 heavy (non-hydrogen) atoms. The number of aromatic nitrogens is 1. The molecule has 0 radical (unpaired) electrons. The molecule has 118 valence electrons. The minimum atomic E-state index is -1.17. The largest absolute Gasteiger partial charge is 0.450 e. The number of rotatable bonds is 5. The van der Waals surface area contributed by atoms with Gasteiger partial charge in [-0.25, -0.2) is 9.78 Å². The van der Waals surface area contributed by atoms with E-state index in [2.05, 4.69) is 29.9 Å². The average molecular weight is 317 g/mol. The fourth-order valence-corrected chi connectivity index (χ4v) is 2.75. The summed E-state index contributed by atoms with van der Waals surface area (Å²) in [4.78, 5) is 15.7. The topological polar surface area (TPSA) is 77.2 Å². The first kappa shape index (κ1) is 16.3. The van der Waals surface area contributed by atoms with Crippen LogP contribution in [0.3, 0.4) is 0 Å². The van der Waals surface area contributed by atoms with Gasteiger partial charge in [-0.2, -0.15) is 0 Å². The lowest BCUT2D eigenvalue weighted by atomic mass is 10.1. The lowest BCUT2D eigenvalue weighted by molar-refractivity contribution is 0.151. The van der Waals surface area contributed by atoms with Crippen molar-refractivity contribution in [2.24, 2.45) is 0 Å². The van der Waals surface area contributed by atoms with E-state index in [9.17, 15) is 4.79 Å². The van der Waals surface area contributed by atoms with Gasteiger partial charge in [-0.3, -0.25) is 0 Å². The zero-order valence-electron chi connectivity index (χ0n) is 13.3. The average Bonchev–Trinajstić information content (AvgIpc) is 2.44. The summed E-state index contributed by atoms with van der Waals surface area (Å²) in [5, 5.41) is 4.71. The van der Waals surface area contributed by atoms with Crippen LogP contribution in [0.4, 0.5) is 10.6 Å². The molecule has 0 spiro atoms. The lowest BCUT2D eigenvalue weighted by Crippen LogP contribution is -2.27. The number of hydrogen-bond acceptors (Lipinski definition) is 4. The Balaban J connectivity index is 1.88. The van der Waals surface area contributed by atoms with Crippen LogP contribution in [-0.4, -0.2) is 25.8 Å². The minimum absolute atomic E-state index is 0.368. The van der Waals surface area contributed by atoms with Gasteiger partial charge in [-0.15, -0.1) is 0 Å². The summed E-state index contributed by atoms with van der Waals surface area (Å²) < 4.78 is 5.20. The van der Waals surface area contributed by atoms with Crippen LogP contribution in [0.5, 0.6) is 0 Å². The van der Waals surface area contributed by atoms with Gasteiger partial charge in [0.25, 0.3) is 0 Å². The number of nitrogen functional groups attached to an aromatic ring is 1. The highest BCUT2D eigenvalue weighted by Crippen LogP contribution is 2.19. The van der Waals surface area contributed by atoms with E-state index in [4.69, 9.17) is 10.5 Å². The molecular weight excluding hydrogens is 294 g/mol. The predicted octanol–water partition coefficient (Wildman–Crippen LogP) is 3.38. The van der Waals surface area contributed by atoms with Crippen LogP contribution in [0.15, 0.2) is 30.5 Å². The van der Waals surface area contributed by atoms with E-state index in [0.29, 0.717) is 19.0 Å². The number of anilines is 1. The number of nitrogens with zero attached hydrogens (tertiary/aromatic N) is 1. The van der Waals surface area contributed by atoms with Crippen LogP contribution in [-0.2, 0) is 11.3 Å². The number of ether oxygens (including phenoxy) is 1. The predicted molar refractivity (Wildman–Crippen MR) is 92.5 cm³/mol. The van der Waals surface area contributed by atoms with Gasteiger partial charge in [-0.05, 0) is 29.1 Å². The lowest BCUT2D eigenvalue weighted by Gasteiger charge is -2.15. The molecule has 5 nitrogen and oxygen atoms in total. The molecule has 1 amide bonds. The normalized spacial score (nSPS) is 11.4. The summed E-state index contributed by atoms with van der Waals surface area (Å²) in [6, 6.07) is 8.73. The highest BCUT2D eigenvalue weighted by Gasteiger charge is 2.13. The Morgan fingerprint density at radius 2 is 2.09 bits per heavy atom. The van der Waals surface area contributed by atoms with E-state index in [0.717, 1.165) is 22.4 Å². The first-order valence-corrected chi connectivity index (χ1v) is 11.1. The maximum Gasteiger partial charge on any atom is 0.407 e. The molecule has 2 rings (SSSR count). The first-order chi connectivity index (χ1) is 10.3. The Morgan fingerprint density at radius 3 is 2.82 bits per heavy atom. The molecule has 0 fully saturated rings. The van der Waals surface area contributed by atoms with Crippen molar-refractivity contribution < 1.29 is 9.53 Å². The smallest absolute Gasteiger partial charge is 0.407 e. The quantitative estimate of drug-likeness (QED) is 0.829. The van der Waals surface area contributed by atoms with Gasteiger partial charge in [0, 0.05) is 26.2 Å². The molecule has 1 aromatic heterocycles. The maximum absolute atomic E-state index is 11.7. The molecule has 0 saturated heterocycles. The molecule has 0 atom stereocenters. The summed E-state index contributed by atoms with van der Waals surface area (Å²) >= 11 is 0. The molecule has 0 aliphatic heterocycles. The summed E-state index contributed by atoms with van der Waals surface area (Å²) in [7, 11) is -1.17. The first-order valence-electron chi connectivity index (χ1n) is 7.39. The molecule has 6 heteroatoms. The fourth-order valence-electron chi connectivity index (χ4n) is 2.04. The van der Waals surface area contributed by atoms with Crippen LogP contribution in [0.1, 0.15) is 5.56 Å². The second-order valence-corrected chi connectivity index (χ2v) is 12.2. The van der Waals surface area contributed by atoms with Crippen molar-refractivity contribution in [3.8, 4) is 0 Å². The zero-order chi connectivity index (χ0) is 16.2. The third-order valence-corrected chi connectivity index (χ3v) is 5.09. The summed E-state index contributed by atoms with van der Waals surface area (Å²) in [5.41, 5.74) is 6.82. The second-order valence-electron chi connectivity index (χ2n) is 6.55.